The van der Waals surface area contributed by atoms with E-state index in [0.29, 0.717) is 28.1 Å². The van der Waals surface area contributed by atoms with Crippen LogP contribution in [0.4, 0.5) is 24.7 Å². The molecule has 0 saturated heterocycles. The van der Waals surface area contributed by atoms with Crippen molar-refractivity contribution < 1.29 is 23.0 Å². The zero-order valence-corrected chi connectivity index (χ0v) is 15.4. The molecule has 148 valence electrons. The van der Waals surface area contributed by atoms with Crippen molar-refractivity contribution in [3.05, 3.63) is 47.3 Å². The van der Waals surface area contributed by atoms with E-state index in [4.69, 9.17) is 10.5 Å². The van der Waals surface area contributed by atoms with Gasteiger partial charge < -0.3 is 20.9 Å². The first kappa shape index (κ1) is 19.5. The monoisotopic (exact) mass is 392 g/mol. The Morgan fingerprint density at radius 3 is 2.50 bits per heavy atom. The molecule has 0 aliphatic heterocycles. The third-order valence-corrected chi connectivity index (χ3v) is 4.27. The Balaban J connectivity index is 2.03. The number of phenolic OH excluding ortho intramolecular Hbond substituents is 1. The number of benzene rings is 2. The number of hydrogen-bond donors (Lipinski definition) is 3. The maximum atomic E-state index is 13.1. The summed E-state index contributed by atoms with van der Waals surface area (Å²) in [6.07, 6.45) is -4.50. The lowest BCUT2D eigenvalue weighted by molar-refractivity contribution is -0.137. The maximum absolute atomic E-state index is 13.1. The normalized spacial score (nSPS) is 12.8. The highest BCUT2D eigenvalue weighted by molar-refractivity contribution is 5.91. The molecule has 0 saturated carbocycles. The molecule has 0 aliphatic carbocycles. The van der Waals surface area contributed by atoms with Gasteiger partial charge in [-0.1, -0.05) is 0 Å². The van der Waals surface area contributed by atoms with Crippen molar-refractivity contribution in [2.45, 2.75) is 26.1 Å². The third kappa shape index (κ3) is 3.88. The summed E-state index contributed by atoms with van der Waals surface area (Å²) < 4.78 is 44.3. The lowest BCUT2D eigenvalue weighted by Gasteiger charge is -2.19. The van der Waals surface area contributed by atoms with Gasteiger partial charge in [0.25, 0.3) is 0 Å². The maximum Gasteiger partial charge on any atom is 0.416 e. The fourth-order valence-corrected chi connectivity index (χ4v) is 2.91. The van der Waals surface area contributed by atoms with Crippen molar-refractivity contribution in [1.82, 2.24) is 9.97 Å². The van der Waals surface area contributed by atoms with Crippen molar-refractivity contribution in [2.75, 3.05) is 18.2 Å². The van der Waals surface area contributed by atoms with Crippen LogP contribution in [-0.2, 0) is 6.18 Å². The molecule has 3 aromatic rings. The molecule has 1 atom stereocenters. The Morgan fingerprint density at radius 2 is 1.86 bits per heavy atom. The van der Waals surface area contributed by atoms with E-state index in [0.717, 1.165) is 12.1 Å². The Bertz CT molecular complexity index is 1040. The predicted octanol–water partition coefficient (Wildman–Crippen LogP) is 4.43. The molecule has 6 nitrogen and oxygen atoms in total. The summed E-state index contributed by atoms with van der Waals surface area (Å²) in [4.78, 5) is 8.65. The highest BCUT2D eigenvalue weighted by Gasteiger charge is 2.31. The Labute approximate surface area is 159 Å². The minimum absolute atomic E-state index is 0.0181. The molecule has 28 heavy (non-hydrogen) atoms. The molecular weight excluding hydrogens is 373 g/mol. The van der Waals surface area contributed by atoms with Gasteiger partial charge in [0.15, 0.2) is 11.5 Å². The van der Waals surface area contributed by atoms with Crippen LogP contribution in [0, 0.1) is 6.92 Å². The van der Waals surface area contributed by atoms with Gasteiger partial charge in [-0.2, -0.15) is 13.2 Å². The number of hydrogen-bond acceptors (Lipinski definition) is 6. The van der Waals surface area contributed by atoms with Crippen molar-refractivity contribution in [3.63, 3.8) is 0 Å². The minimum atomic E-state index is -4.50. The molecule has 0 radical (unpaired) electrons. The number of phenols is 1. The molecular formula is C19H19F3N4O2. The lowest BCUT2D eigenvalue weighted by atomic mass is 10.0. The summed E-state index contributed by atoms with van der Waals surface area (Å²) in [6, 6.07) is 5.89. The average Bonchev–Trinajstić information content (AvgIpc) is 2.60. The summed E-state index contributed by atoms with van der Waals surface area (Å²) in [6.45, 7) is 3.39. The molecule has 0 spiro atoms. The highest BCUT2D eigenvalue weighted by Crippen LogP contribution is 2.36. The van der Waals surface area contributed by atoms with Gasteiger partial charge in [0.05, 0.1) is 24.2 Å². The second-order valence-corrected chi connectivity index (χ2v) is 6.41. The predicted molar refractivity (Wildman–Crippen MR) is 100 cm³/mol. The Hall–Kier alpha value is -3.23. The molecule has 0 bridgehead atoms. The van der Waals surface area contributed by atoms with E-state index in [1.54, 1.807) is 19.9 Å². The zero-order valence-electron chi connectivity index (χ0n) is 15.4. The number of halogens is 3. The number of rotatable bonds is 4. The number of aryl methyl sites for hydroxylation is 1. The van der Waals surface area contributed by atoms with Crippen LogP contribution in [0.15, 0.2) is 30.3 Å². The van der Waals surface area contributed by atoms with Crippen LogP contribution < -0.4 is 15.8 Å². The van der Waals surface area contributed by atoms with Crippen LogP contribution in [0.1, 0.15) is 29.9 Å². The standard InChI is InChI=1S/C19H19F3N4O2/c1-9(11-4-12(19(20,21)22)6-13(23)5-11)24-18-14-7-16(27)17(28-3)8-15(14)25-10(2)26-18/h4-9,27H,23H2,1-3H3,(H,24,25,26)/t9-/m1/s1. The minimum Gasteiger partial charge on any atom is -0.504 e. The molecule has 4 N–H and O–H groups in total. The number of nitrogens with zero attached hydrogens (tertiary/aromatic N) is 2. The van der Waals surface area contributed by atoms with E-state index >= 15 is 0 Å². The number of alkyl halides is 3. The van der Waals surface area contributed by atoms with Gasteiger partial charge in [0.2, 0.25) is 0 Å². The molecule has 1 heterocycles. The second-order valence-electron chi connectivity index (χ2n) is 6.41. The number of aromatic hydroxyl groups is 1. The van der Waals surface area contributed by atoms with Crippen molar-refractivity contribution >= 4 is 22.4 Å². The van der Waals surface area contributed by atoms with Crippen LogP contribution in [-0.4, -0.2) is 22.2 Å². The van der Waals surface area contributed by atoms with Gasteiger partial charge in [-0.05, 0) is 43.7 Å². The van der Waals surface area contributed by atoms with E-state index in [2.05, 4.69) is 15.3 Å². The van der Waals surface area contributed by atoms with Crippen molar-refractivity contribution in [3.8, 4) is 11.5 Å². The number of methoxy groups -OCH3 is 1. The molecule has 2 aromatic carbocycles. The van der Waals surface area contributed by atoms with E-state index in [1.807, 2.05) is 0 Å². The van der Waals surface area contributed by atoms with Crippen LogP contribution in [0.5, 0.6) is 11.5 Å². The topological polar surface area (TPSA) is 93.3 Å². The molecule has 0 fully saturated rings. The number of anilines is 2. The molecule has 0 unspecified atom stereocenters. The summed E-state index contributed by atoms with van der Waals surface area (Å²) in [5.74, 6) is 0.999. The quantitative estimate of drug-likeness (QED) is 0.569. The lowest BCUT2D eigenvalue weighted by Crippen LogP contribution is -2.12. The SMILES string of the molecule is COc1cc2nc(C)nc(N[C@H](C)c3cc(N)cc(C(F)(F)F)c3)c2cc1O. The van der Waals surface area contributed by atoms with Crippen LogP contribution >= 0.6 is 0 Å². The second kappa shape index (κ2) is 7.06. The van der Waals surface area contributed by atoms with Gasteiger partial charge in [-0.3, -0.25) is 0 Å². The Kier molecular flexibility index (Phi) is 4.93. The number of aromatic nitrogens is 2. The van der Waals surface area contributed by atoms with Gasteiger partial charge >= 0.3 is 6.18 Å². The van der Waals surface area contributed by atoms with Gasteiger partial charge in [0.1, 0.15) is 11.6 Å². The first-order valence-corrected chi connectivity index (χ1v) is 8.38. The first-order valence-electron chi connectivity index (χ1n) is 8.38. The van der Waals surface area contributed by atoms with E-state index in [-0.39, 0.29) is 17.2 Å². The fourth-order valence-electron chi connectivity index (χ4n) is 2.91. The van der Waals surface area contributed by atoms with E-state index in [9.17, 15) is 18.3 Å². The molecule has 9 heteroatoms. The average molecular weight is 392 g/mol. The smallest absolute Gasteiger partial charge is 0.416 e. The van der Waals surface area contributed by atoms with Crippen LogP contribution in [0.2, 0.25) is 0 Å². The Morgan fingerprint density at radius 1 is 1.14 bits per heavy atom. The fraction of sp³-hybridized carbons (Fsp3) is 0.263. The zero-order chi connectivity index (χ0) is 20.6. The van der Waals surface area contributed by atoms with E-state index in [1.165, 1.54) is 19.2 Å². The first-order chi connectivity index (χ1) is 13.1. The van der Waals surface area contributed by atoms with Crippen molar-refractivity contribution in [1.29, 1.82) is 0 Å². The van der Waals surface area contributed by atoms with Crippen molar-refractivity contribution in [2.24, 2.45) is 0 Å². The summed E-state index contributed by atoms with van der Waals surface area (Å²) in [5, 5.41) is 13.7. The molecule has 0 aliphatic rings. The summed E-state index contributed by atoms with van der Waals surface area (Å²) in [5.41, 5.74) is 5.74. The van der Waals surface area contributed by atoms with E-state index < -0.39 is 17.8 Å². The largest absolute Gasteiger partial charge is 0.504 e. The van der Waals surface area contributed by atoms with Gasteiger partial charge in [0, 0.05) is 17.1 Å². The van der Waals surface area contributed by atoms with Crippen LogP contribution in [0.3, 0.4) is 0 Å². The van der Waals surface area contributed by atoms with Crippen LogP contribution in [0.25, 0.3) is 10.9 Å². The van der Waals surface area contributed by atoms with Gasteiger partial charge in [-0.15, -0.1) is 0 Å². The number of nitrogen functional groups attached to an aromatic ring is 1. The third-order valence-electron chi connectivity index (χ3n) is 4.27. The molecule has 0 amide bonds. The molecule has 1 aromatic heterocycles. The summed E-state index contributed by atoms with van der Waals surface area (Å²) >= 11 is 0. The number of ether oxygens (including phenoxy) is 1. The highest BCUT2D eigenvalue weighted by atomic mass is 19.4. The molecule has 3 rings (SSSR count). The summed E-state index contributed by atoms with van der Waals surface area (Å²) in [7, 11) is 1.42. The number of fused-ring (bicyclic) bond motifs is 1. The number of nitrogens with two attached hydrogens (primary N) is 1. The van der Waals surface area contributed by atoms with Gasteiger partial charge in [-0.25, -0.2) is 9.97 Å². The number of nitrogens with one attached hydrogen (secondary N) is 1.